The third-order valence-electron chi connectivity index (χ3n) is 8.09. The van der Waals surface area contributed by atoms with Crippen molar-refractivity contribution in [1.29, 1.82) is 0 Å². The van der Waals surface area contributed by atoms with Crippen molar-refractivity contribution in [2.45, 2.75) is 90.9 Å². The molecule has 0 saturated heterocycles. The Morgan fingerprint density at radius 3 is 1.96 bits per heavy atom. The molecule has 0 bridgehead atoms. The Labute approximate surface area is 155 Å². The molecule has 0 unspecified atom stereocenters. The van der Waals surface area contributed by atoms with Crippen LogP contribution in [0.15, 0.2) is 23.8 Å². The van der Waals surface area contributed by atoms with Gasteiger partial charge in [0.05, 0.1) is 0 Å². The molecule has 2 fully saturated rings. The van der Waals surface area contributed by atoms with E-state index in [2.05, 4.69) is 52.0 Å². The SMILES string of the molecule is CC1CCC(C)(C2=Cc3cccc(C4(C)CCC(C)CC4)c3C2)CC1. The van der Waals surface area contributed by atoms with Gasteiger partial charge in [-0.05, 0) is 97.1 Å². The average Bonchev–Trinajstić information content (AvgIpc) is 3.05. The van der Waals surface area contributed by atoms with Crippen molar-refractivity contribution in [3.63, 3.8) is 0 Å². The predicted octanol–water partition coefficient (Wildman–Crippen LogP) is 7.31. The lowest BCUT2D eigenvalue weighted by Gasteiger charge is -2.39. The van der Waals surface area contributed by atoms with Gasteiger partial charge in [0.2, 0.25) is 0 Å². The summed E-state index contributed by atoms with van der Waals surface area (Å²) < 4.78 is 0. The Morgan fingerprint density at radius 2 is 1.36 bits per heavy atom. The summed E-state index contributed by atoms with van der Waals surface area (Å²) in [5.41, 5.74) is 7.47. The molecule has 0 aromatic heterocycles. The van der Waals surface area contributed by atoms with Crippen LogP contribution in [0.2, 0.25) is 0 Å². The Balaban J connectivity index is 1.60. The smallest absolute Gasteiger partial charge is 0.00494 e. The fraction of sp³-hybridized carbons (Fsp3) is 0.680. The lowest BCUT2D eigenvalue weighted by molar-refractivity contribution is 0.218. The molecule has 0 aliphatic heterocycles. The molecule has 2 saturated carbocycles. The fourth-order valence-electron chi connectivity index (χ4n) is 5.71. The van der Waals surface area contributed by atoms with Crippen molar-refractivity contribution in [2.75, 3.05) is 0 Å². The van der Waals surface area contributed by atoms with E-state index in [0.29, 0.717) is 10.8 Å². The third-order valence-corrected chi connectivity index (χ3v) is 8.09. The highest BCUT2D eigenvalue weighted by molar-refractivity contribution is 5.67. The second-order valence-corrected chi connectivity index (χ2v) is 10.2. The molecule has 1 aromatic carbocycles. The van der Waals surface area contributed by atoms with E-state index in [9.17, 15) is 0 Å². The van der Waals surface area contributed by atoms with Crippen molar-refractivity contribution in [3.05, 3.63) is 40.5 Å². The van der Waals surface area contributed by atoms with Gasteiger partial charge < -0.3 is 0 Å². The highest BCUT2D eigenvalue weighted by Crippen LogP contribution is 2.50. The van der Waals surface area contributed by atoms with E-state index in [0.717, 1.165) is 11.8 Å². The minimum Gasteiger partial charge on any atom is -0.0625 e. The number of rotatable bonds is 2. The number of hydrogen-bond donors (Lipinski definition) is 0. The van der Waals surface area contributed by atoms with Gasteiger partial charge in [0.25, 0.3) is 0 Å². The average molecular weight is 337 g/mol. The fourth-order valence-corrected chi connectivity index (χ4v) is 5.71. The molecule has 0 heteroatoms. The van der Waals surface area contributed by atoms with Crippen LogP contribution in [0.5, 0.6) is 0 Å². The first kappa shape index (κ1) is 17.4. The largest absolute Gasteiger partial charge is 0.0625 e. The predicted molar refractivity (Wildman–Crippen MR) is 109 cm³/mol. The summed E-state index contributed by atoms with van der Waals surface area (Å²) in [6.07, 6.45) is 14.9. The molecule has 25 heavy (non-hydrogen) atoms. The second kappa shape index (κ2) is 6.29. The highest BCUT2D eigenvalue weighted by Gasteiger charge is 2.38. The van der Waals surface area contributed by atoms with Gasteiger partial charge in [0, 0.05) is 0 Å². The first-order chi connectivity index (χ1) is 11.9. The number of benzene rings is 1. The normalized spacial score (nSPS) is 38.3. The maximum atomic E-state index is 2.57. The zero-order valence-corrected chi connectivity index (χ0v) is 16.8. The summed E-state index contributed by atoms with van der Waals surface area (Å²) in [5.74, 6) is 1.85. The first-order valence-electron chi connectivity index (χ1n) is 10.7. The first-order valence-corrected chi connectivity index (χ1v) is 10.7. The van der Waals surface area contributed by atoms with Crippen molar-refractivity contribution >= 4 is 6.08 Å². The summed E-state index contributed by atoms with van der Waals surface area (Å²) in [6.45, 7) is 9.94. The van der Waals surface area contributed by atoms with Crippen LogP contribution in [0.1, 0.15) is 95.8 Å². The number of fused-ring (bicyclic) bond motifs is 1. The van der Waals surface area contributed by atoms with Crippen LogP contribution < -0.4 is 0 Å². The van der Waals surface area contributed by atoms with E-state index >= 15 is 0 Å². The topological polar surface area (TPSA) is 0 Å². The molecule has 4 rings (SSSR count). The van der Waals surface area contributed by atoms with Gasteiger partial charge in [0.1, 0.15) is 0 Å². The molecule has 0 amide bonds. The summed E-state index contributed by atoms with van der Waals surface area (Å²) in [6, 6.07) is 7.15. The zero-order valence-electron chi connectivity index (χ0n) is 16.8. The van der Waals surface area contributed by atoms with Gasteiger partial charge in [-0.3, -0.25) is 0 Å². The minimum absolute atomic E-state index is 0.406. The Hall–Kier alpha value is -1.04. The highest BCUT2D eigenvalue weighted by atomic mass is 14.4. The van der Waals surface area contributed by atoms with E-state index in [1.54, 1.807) is 16.7 Å². The van der Waals surface area contributed by atoms with Gasteiger partial charge in [-0.2, -0.15) is 0 Å². The molecule has 0 atom stereocenters. The van der Waals surface area contributed by atoms with Gasteiger partial charge in [0.15, 0.2) is 0 Å². The lowest BCUT2D eigenvalue weighted by Crippen LogP contribution is -2.29. The molecular weight excluding hydrogens is 300 g/mol. The molecule has 3 aliphatic carbocycles. The Morgan fingerprint density at radius 1 is 0.800 bits per heavy atom. The molecule has 0 radical (unpaired) electrons. The van der Waals surface area contributed by atoms with E-state index in [4.69, 9.17) is 0 Å². The molecule has 0 heterocycles. The maximum absolute atomic E-state index is 2.57. The van der Waals surface area contributed by atoms with Crippen LogP contribution in [0.4, 0.5) is 0 Å². The summed E-state index contributed by atoms with van der Waals surface area (Å²) in [5, 5.41) is 0. The second-order valence-electron chi connectivity index (χ2n) is 10.2. The number of hydrogen-bond acceptors (Lipinski definition) is 0. The van der Waals surface area contributed by atoms with Crippen LogP contribution in [0, 0.1) is 17.3 Å². The van der Waals surface area contributed by atoms with Crippen LogP contribution in [0.3, 0.4) is 0 Å². The molecule has 1 aromatic rings. The van der Waals surface area contributed by atoms with Crippen molar-refractivity contribution in [1.82, 2.24) is 0 Å². The Kier molecular flexibility index (Phi) is 4.37. The van der Waals surface area contributed by atoms with Crippen LogP contribution in [-0.2, 0) is 11.8 Å². The van der Waals surface area contributed by atoms with Crippen LogP contribution >= 0.6 is 0 Å². The van der Waals surface area contributed by atoms with E-state index in [-0.39, 0.29) is 0 Å². The van der Waals surface area contributed by atoms with Gasteiger partial charge in [-0.15, -0.1) is 0 Å². The van der Waals surface area contributed by atoms with E-state index in [1.807, 2.05) is 0 Å². The maximum Gasteiger partial charge on any atom is -0.00494 e. The monoisotopic (exact) mass is 336 g/mol. The van der Waals surface area contributed by atoms with Crippen molar-refractivity contribution < 1.29 is 0 Å². The standard InChI is InChI=1S/C25H36/c1-18-8-12-24(3,13-9-18)21-16-20-6-5-7-23(22(20)17-21)25(4)14-10-19(2)11-15-25/h5-7,16,18-19H,8-15,17H2,1-4H3. The van der Waals surface area contributed by atoms with Gasteiger partial charge in [-0.25, -0.2) is 0 Å². The summed E-state index contributed by atoms with van der Waals surface area (Å²) in [4.78, 5) is 0. The van der Waals surface area contributed by atoms with Gasteiger partial charge in [-0.1, -0.05) is 57.5 Å². The summed E-state index contributed by atoms with van der Waals surface area (Å²) >= 11 is 0. The lowest BCUT2D eigenvalue weighted by atomic mass is 9.65. The molecule has 0 N–H and O–H groups in total. The van der Waals surface area contributed by atoms with Crippen molar-refractivity contribution in [2.24, 2.45) is 17.3 Å². The van der Waals surface area contributed by atoms with E-state index < -0.39 is 0 Å². The molecular formula is C25H36. The van der Waals surface area contributed by atoms with Gasteiger partial charge >= 0.3 is 0 Å². The van der Waals surface area contributed by atoms with Crippen LogP contribution in [0.25, 0.3) is 6.08 Å². The number of allylic oxidation sites excluding steroid dienone is 1. The quantitative estimate of drug-likeness (QED) is 0.531. The third kappa shape index (κ3) is 3.11. The Bertz CT molecular complexity index is 661. The molecule has 0 spiro atoms. The van der Waals surface area contributed by atoms with Crippen molar-refractivity contribution in [3.8, 4) is 0 Å². The molecule has 136 valence electrons. The van der Waals surface area contributed by atoms with Crippen LogP contribution in [-0.4, -0.2) is 0 Å². The minimum atomic E-state index is 0.406. The molecule has 0 nitrogen and oxygen atoms in total. The zero-order chi connectivity index (χ0) is 17.7. The molecule has 3 aliphatic rings. The summed E-state index contributed by atoms with van der Waals surface area (Å²) in [7, 11) is 0. The van der Waals surface area contributed by atoms with E-state index in [1.165, 1.54) is 63.4 Å².